The molecule has 0 radical (unpaired) electrons. The van der Waals surface area contributed by atoms with Gasteiger partial charge in [-0.1, -0.05) is 39.0 Å². The van der Waals surface area contributed by atoms with Crippen molar-refractivity contribution in [1.82, 2.24) is 0 Å². The minimum Gasteiger partial charge on any atom is -0.325 e. The first-order valence-electron chi connectivity index (χ1n) is 5.59. The van der Waals surface area contributed by atoms with Gasteiger partial charge in [-0.05, 0) is 12.1 Å². The Labute approximate surface area is 107 Å². The molecule has 92 valence electrons. The maximum absolute atomic E-state index is 11.9. The highest BCUT2D eigenvalue weighted by Crippen LogP contribution is 2.28. The van der Waals surface area contributed by atoms with Gasteiger partial charge in [0.15, 0.2) is 0 Å². The largest absolute Gasteiger partial charge is 0.325 e. The second kappa shape index (κ2) is 5.92. The quantitative estimate of drug-likeness (QED) is 0.646. The van der Waals surface area contributed by atoms with Crippen LogP contribution in [0.1, 0.15) is 20.8 Å². The lowest BCUT2D eigenvalue weighted by Gasteiger charge is -2.19. The van der Waals surface area contributed by atoms with Gasteiger partial charge in [-0.3, -0.25) is 4.79 Å². The Bertz CT molecular complexity index is 407. The van der Waals surface area contributed by atoms with Crippen molar-refractivity contribution in [2.75, 3.05) is 11.1 Å². The molecule has 0 aliphatic rings. The summed E-state index contributed by atoms with van der Waals surface area (Å²) in [5.41, 5.74) is 0.496. The fourth-order valence-electron chi connectivity index (χ4n) is 1.15. The van der Waals surface area contributed by atoms with Gasteiger partial charge in [0.2, 0.25) is 5.91 Å². The molecule has 0 aromatic heterocycles. The summed E-state index contributed by atoms with van der Waals surface area (Å²) in [6, 6.07) is 7.83. The number of carbonyl (C=O) groups is 1. The standard InChI is InChI=1S/C14H19NOS/c1-5-10-17-12-9-7-6-8-11(12)15-13(16)14(2,3)4/h5-9H,1,10H2,2-4H3,(H,15,16). The van der Waals surface area contributed by atoms with Crippen LogP contribution in [0.3, 0.4) is 0 Å². The molecule has 0 spiro atoms. The van der Waals surface area contributed by atoms with Crippen molar-refractivity contribution in [3.63, 3.8) is 0 Å². The lowest BCUT2D eigenvalue weighted by Crippen LogP contribution is -2.27. The van der Waals surface area contributed by atoms with E-state index in [9.17, 15) is 4.79 Å². The number of carbonyl (C=O) groups excluding carboxylic acids is 1. The van der Waals surface area contributed by atoms with E-state index in [1.807, 2.05) is 51.1 Å². The van der Waals surface area contributed by atoms with Crippen LogP contribution in [-0.4, -0.2) is 11.7 Å². The molecule has 1 N–H and O–H groups in total. The highest BCUT2D eigenvalue weighted by Gasteiger charge is 2.21. The van der Waals surface area contributed by atoms with Crippen molar-refractivity contribution in [3.8, 4) is 0 Å². The van der Waals surface area contributed by atoms with Crippen LogP contribution in [0.5, 0.6) is 0 Å². The van der Waals surface area contributed by atoms with E-state index in [0.717, 1.165) is 16.3 Å². The average Bonchev–Trinajstić information content (AvgIpc) is 2.26. The van der Waals surface area contributed by atoms with Crippen LogP contribution >= 0.6 is 11.8 Å². The fraction of sp³-hybridized carbons (Fsp3) is 0.357. The van der Waals surface area contributed by atoms with E-state index in [1.165, 1.54) is 0 Å². The number of para-hydroxylation sites is 1. The predicted octanol–water partition coefficient (Wildman–Crippen LogP) is 3.95. The average molecular weight is 249 g/mol. The molecule has 0 saturated heterocycles. The third-order valence-corrected chi connectivity index (χ3v) is 3.24. The first-order chi connectivity index (χ1) is 7.95. The summed E-state index contributed by atoms with van der Waals surface area (Å²) in [4.78, 5) is 13.0. The molecule has 0 atom stereocenters. The summed E-state index contributed by atoms with van der Waals surface area (Å²) in [6.07, 6.45) is 1.85. The van der Waals surface area contributed by atoms with E-state index < -0.39 is 0 Å². The number of rotatable bonds is 4. The van der Waals surface area contributed by atoms with Crippen molar-refractivity contribution in [2.45, 2.75) is 25.7 Å². The van der Waals surface area contributed by atoms with E-state index >= 15 is 0 Å². The molecule has 0 aliphatic carbocycles. The molecular formula is C14H19NOS. The Morgan fingerprint density at radius 2 is 2.06 bits per heavy atom. The summed E-state index contributed by atoms with van der Waals surface area (Å²) < 4.78 is 0. The minimum atomic E-state index is -0.379. The van der Waals surface area contributed by atoms with Crippen LogP contribution in [-0.2, 0) is 4.79 Å². The third-order valence-electron chi connectivity index (χ3n) is 2.17. The number of nitrogens with one attached hydrogen (secondary N) is 1. The molecule has 2 nitrogen and oxygen atoms in total. The van der Waals surface area contributed by atoms with Crippen molar-refractivity contribution in [2.24, 2.45) is 5.41 Å². The van der Waals surface area contributed by atoms with Gasteiger partial charge >= 0.3 is 0 Å². The smallest absolute Gasteiger partial charge is 0.229 e. The highest BCUT2D eigenvalue weighted by molar-refractivity contribution is 7.99. The van der Waals surface area contributed by atoms with Gasteiger partial charge in [-0.15, -0.1) is 18.3 Å². The van der Waals surface area contributed by atoms with Gasteiger partial charge in [0, 0.05) is 16.1 Å². The van der Waals surface area contributed by atoms with Gasteiger partial charge in [0.25, 0.3) is 0 Å². The summed E-state index contributed by atoms with van der Waals surface area (Å²) in [5, 5.41) is 2.97. The van der Waals surface area contributed by atoms with E-state index in [2.05, 4.69) is 11.9 Å². The second-order valence-corrected chi connectivity index (χ2v) is 5.86. The topological polar surface area (TPSA) is 29.1 Å². The van der Waals surface area contributed by atoms with Crippen molar-refractivity contribution >= 4 is 23.4 Å². The molecule has 1 aromatic carbocycles. The molecule has 1 aromatic rings. The van der Waals surface area contributed by atoms with Crippen LogP contribution in [0.25, 0.3) is 0 Å². The maximum atomic E-state index is 11.9. The Hall–Kier alpha value is -1.22. The number of anilines is 1. The van der Waals surface area contributed by atoms with Crippen molar-refractivity contribution in [3.05, 3.63) is 36.9 Å². The molecule has 0 heterocycles. The maximum Gasteiger partial charge on any atom is 0.229 e. The zero-order chi connectivity index (χ0) is 12.9. The predicted molar refractivity (Wildman–Crippen MR) is 75.4 cm³/mol. The molecule has 1 amide bonds. The molecular weight excluding hydrogens is 230 g/mol. The minimum absolute atomic E-state index is 0.0316. The SMILES string of the molecule is C=CCSc1ccccc1NC(=O)C(C)(C)C. The molecule has 0 saturated carbocycles. The third kappa shape index (κ3) is 4.27. The Kier molecular flexibility index (Phi) is 4.82. The number of hydrogen-bond donors (Lipinski definition) is 1. The number of amides is 1. The van der Waals surface area contributed by atoms with E-state index in [4.69, 9.17) is 0 Å². The normalized spacial score (nSPS) is 11.0. The highest BCUT2D eigenvalue weighted by atomic mass is 32.2. The molecule has 0 unspecified atom stereocenters. The summed E-state index contributed by atoms with van der Waals surface area (Å²) in [6.45, 7) is 9.41. The number of benzene rings is 1. The van der Waals surface area contributed by atoms with Crippen LogP contribution in [0, 0.1) is 5.41 Å². The van der Waals surface area contributed by atoms with Crippen molar-refractivity contribution in [1.29, 1.82) is 0 Å². The van der Waals surface area contributed by atoms with Gasteiger partial charge in [-0.25, -0.2) is 0 Å². The van der Waals surface area contributed by atoms with E-state index in [0.29, 0.717) is 0 Å². The van der Waals surface area contributed by atoms with Crippen LogP contribution in [0.2, 0.25) is 0 Å². The van der Waals surface area contributed by atoms with Crippen LogP contribution in [0.4, 0.5) is 5.69 Å². The molecule has 0 aliphatic heterocycles. The summed E-state index contributed by atoms with van der Waals surface area (Å²) >= 11 is 1.67. The van der Waals surface area contributed by atoms with Gasteiger partial charge < -0.3 is 5.32 Å². The number of hydrogen-bond acceptors (Lipinski definition) is 2. The summed E-state index contributed by atoms with van der Waals surface area (Å²) in [7, 11) is 0. The molecule has 1 rings (SSSR count). The zero-order valence-electron chi connectivity index (χ0n) is 10.6. The molecule has 17 heavy (non-hydrogen) atoms. The zero-order valence-corrected chi connectivity index (χ0v) is 11.4. The first kappa shape index (κ1) is 13.8. The monoisotopic (exact) mass is 249 g/mol. The van der Waals surface area contributed by atoms with Crippen LogP contribution < -0.4 is 5.32 Å². The second-order valence-electron chi connectivity index (χ2n) is 4.80. The van der Waals surface area contributed by atoms with Gasteiger partial charge in [0.1, 0.15) is 0 Å². The van der Waals surface area contributed by atoms with Crippen LogP contribution in [0.15, 0.2) is 41.8 Å². The fourth-order valence-corrected chi connectivity index (χ4v) is 1.90. The van der Waals surface area contributed by atoms with E-state index in [1.54, 1.807) is 11.8 Å². The molecule has 0 fully saturated rings. The first-order valence-corrected chi connectivity index (χ1v) is 6.58. The molecule has 3 heteroatoms. The van der Waals surface area contributed by atoms with Gasteiger partial charge in [0.05, 0.1) is 5.69 Å². The van der Waals surface area contributed by atoms with Crippen molar-refractivity contribution < 1.29 is 4.79 Å². The lowest BCUT2D eigenvalue weighted by atomic mass is 9.95. The summed E-state index contributed by atoms with van der Waals surface area (Å²) in [5.74, 6) is 0.867. The number of thioether (sulfide) groups is 1. The van der Waals surface area contributed by atoms with Gasteiger partial charge in [-0.2, -0.15) is 0 Å². The lowest BCUT2D eigenvalue weighted by molar-refractivity contribution is -0.123. The Morgan fingerprint density at radius 1 is 1.41 bits per heavy atom. The van der Waals surface area contributed by atoms with E-state index in [-0.39, 0.29) is 11.3 Å². The molecule has 0 bridgehead atoms. The Morgan fingerprint density at radius 3 is 2.65 bits per heavy atom. The Balaban J connectivity index is 2.83.